The zero-order valence-corrected chi connectivity index (χ0v) is 11.5. The number of aliphatic carboxylic acids is 1. The van der Waals surface area contributed by atoms with Gasteiger partial charge < -0.3 is 5.11 Å². The fourth-order valence-corrected chi connectivity index (χ4v) is 2.37. The minimum Gasteiger partial charge on any atom is -0.478 e. The van der Waals surface area contributed by atoms with Crippen LogP contribution in [0.5, 0.6) is 0 Å². The van der Waals surface area contributed by atoms with Crippen LogP contribution in [0.3, 0.4) is 0 Å². The summed E-state index contributed by atoms with van der Waals surface area (Å²) < 4.78 is 15.2. The fourth-order valence-electron chi connectivity index (χ4n) is 1.54. The van der Waals surface area contributed by atoms with Crippen LogP contribution in [0.4, 0.5) is 4.39 Å². The largest absolute Gasteiger partial charge is 0.478 e. The summed E-state index contributed by atoms with van der Waals surface area (Å²) in [4.78, 5) is 14.5. The standard InChI is InChI=1S/C13H12FN3O2S/c1-17-13(15-8-16-17)20-7-9-2-4-11(14)10(6-9)3-5-12(18)19/h2-6,8H,7H2,1H3,(H,18,19)/b5-3+. The van der Waals surface area contributed by atoms with E-state index in [1.165, 1.54) is 30.2 Å². The summed E-state index contributed by atoms with van der Waals surface area (Å²) >= 11 is 1.47. The van der Waals surface area contributed by atoms with Crippen molar-refractivity contribution in [3.63, 3.8) is 0 Å². The fraction of sp³-hybridized carbons (Fsp3) is 0.154. The molecule has 0 aliphatic carbocycles. The van der Waals surface area contributed by atoms with Gasteiger partial charge in [0.15, 0.2) is 5.16 Å². The normalized spacial score (nSPS) is 11.1. The van der Waals surface area contributed by atoms with Gasteiger partial charge in [-0.1, -0.05) is 17.8 Å². The number of halogens is 1. The molecule has 0 unspecified atom stereocenters. The van der Waals surface area contributed by atoms with Crippen LogP contribution in [-0.4, -0.2) is 25.8 Å². The Balaban J connectivity index is 2.11. The minimum absolute atomic E-state index is 0.253. The van der Waals surface area contributed by atoms with Gasteiger partial charge in [0.1, 0.15) is 12.1 Å². The van der Waals surface area contributed by atoms with Crippen molar-refractivity contribution in [1.82, 2.24) is 14.8 Å². The van der Waals surface area contributed by atoms with Crippen molar-refractivity contribution in [2.75, 3.05) is 0 Å². The number of carboxylic acid groups (broad SMARTS) is 1. The summed E-state index contributed by atoms with van der Waals surface area (Å²) in [6, 6.07) is 4.61. The molecule has 20 heavy (non-hydrogen) atoms. The van der Waals surface area contributed by atoms with E-state index in [4.69, 9.17) is 5.11 Å². The lowest BCUT2D eigenvalue weighted by Crippen LogP contribution is -1.94. The first kappa shape index (κ1) is 14.3. The first-order valence-electron chi connectivity index (χ1n) is 5.72. The summed E-state index contributed by atoms with van der Waals surface area (Å²) in [7, 11) is 1.79. The van der Waals surface area contributed by atoms with Crippen molar-refractivity contribution in [3.05, 3.63) is 47.5 Å². The molecule has 1 heterocycles. The van der Waals surface area contributed by atoms with Crippen molar-refractivity contribution >= 4 is 23.8 Å². The Labute approximate surface area is 119 Å². The predicted octanol–water partition coefficient (Wildman–Crippen LogP) is 2.34. The molecule has 1 aromatic heterocycles. The molecular weight excluding hydrogens is 281 g/mol. The van der Waals surface area contributed by atoms with Crippen LogP contribution in [-0.2, 0) is 17.6 Å². The molecule has 5 nitrogen and oxygen atoms in total. The third kappa shape index (κ3) is 3.67. The number of carboxylic acids is 1. The average molecular weight is 293 g/mol. The highest BCUT2D eigenvalue weighted by molar-refractivity contribution is 7.98. The highest BCUT2D eigenvalue weighted by Gasteiger charge is 2.05. The summed E-state index contributed by atoms with van der Waals surface area (Å²) in [5.74, 6) is -0.959. The van der Waals surface area contributed by atoms with E-state index in [1.54, 1.807) is 23.9 Å². The van der Waals surface area contributed by atoms with Gasteiger partial charge >= 0.3 is 5.97 Å². The third-order valence-electron chi connectivity index (χ3n) is 2.50. The zero-order chi connectivity index (χ0) is 14.5. The van der Waals surface area contributed by atoms with Crippen LogP contribution >= 0.6 is 11.8 Å². The maximum atomic E-state index is 13.5. The van der Waals surface area contributed by atoms with Gasteiger partial charge in [0.2, 0.25) is 0 Å². The van der Waals surface area contributed by atoms with Crippen LogP contribution < -0.4 is 0 Å². The predicted molar refractivity (Wildman–Crippen MR) is 73.6 cm³/mol. The maximum Gasteiger partial charge on any atom is 0.328 e. The summed E-state index contributed by atoms with van der Waals surface area (Å²) in [6.07, 6.45) is 3.63. The molecule has 0 spiro atoms. The highest BCUT2D eigenvalue weighted by atomic mass is 32.2. The van der Waals surface area contributed by atoms with E-state index in [9.17, 15) is 9.18 Å². The first-order valence-corrected chi connectivity index (χ1v) is 6.71. The summed E-state index contributed by atoms with van der Waals surface area (Å²) in [5.41, 5.74) is 1.13. The number of aryl methyl sites for hydroxylation is 1. The van der Waals surface area contributed by atoms with Gasteiger partial charge in [0.05, 0.1) is 0 Å². The number of hydrogen-bond acceptors (Lipinski definition) is 4. The second-order valence-electron chi connectivity index (χ2n) is 3.98. The van der Waals surface area contributed by atoms with Crippen molar-refractivity contribution in [1.29, 1.82) is 0 Å². The number of hydrogen-bond donors (Lipinski definition) is 1. The lowest BCUT2D eigenvalue weighted by Gasteiger charge is -2.03. The van der Waals surface area contributed by atoms with Crippen LogP contribution in [0.1, 0.15) is 11.1 Å². The number of nitrogens with zero attached hydrogens (tertiary/aromatic N) is 3. The zero-order valence-electron chi connectivity index (χ0n) is 10.7. The second kappa shape index (κ2) is 6.33. The quantitative estimate of drug-likeness (QED) is 0.677. The molecule has 0 fully saturated rings. The van der Waals surface area contributed by atoms with Gasteiger partial charge in [-0.25, -0.2) is 18.9 Å². The van der Waals surface area contributed by atoms with Gasteiger partial charge in [-0.3, -0.25) is 0 Å². The first-order chi connectivity index (χ1) is 9.56. The molecule has 0 saturated heterocycles. The van der Waals surface area contributed by atoms with Crippen LogP contribution in [0.2, 0.25) is 0 Å². The van der Waals surface area contributed by atoms with E-state index in [0.29, 0.717) is 5.75 Å². The topological polar surface area (TPSA) is 68.0 Å². The molecule has 0 bridgehead atoms. The van der Waals surface area contributed by atoms with E-state index in [1.807, 2.05) is 0 Å². The molecule has 2 rings (SSSR count). The number of carbonyl (C=O) groups is 1. The van der Waals surface area contributed by atoms with Crippen LogP contribution in [0.15, 0.2) is 35.8 Å². The number of aromatic nitrogens is 3. The molecule has 1 aromatic carbocycles. The Morgan fingerprint density at radius 3 is 3.00 bits per heavy atom. The molecule has 0 aliphatic heterocycles. The highest BCUT2D eigenvalue weighted by Crippen LogP contribution is 2.21. The van der Waals surface area contributed by atoms with Crippen molar-refractivity contribution < 1.29 is 14.3 Å². The lowest BCUT2D eigenvalue weighted by molar-refractivity contribution is -0.131. The Bertz CT molecular complexity index is 655. The molecule has 1 N–H and O–H groups in total. The molecule has 104 valence electrons. The minimum atomic E-state index is -1.11. The third-order valence-corrected chi connectivity index (χ3v) is 3.61. The summed E-state index contributed by atoms with van der Waals surface area (Å²) in [6.45, 7) is 0. The number of rotatable bonds is 5. The average Bonchev–Trinajstić information content (AvgIpc) is 2.81. The Kier molecular flexibility index (Phi) is 4.52. The number of thioether (sulfide) groups is 1. The maximum absolute atomic E-state index is 13.5. The van der Waals surface area contributed by atoms with E-state index < -0.39 is 11.8 Å². The smallest absolute Gasteiger partial charge is 0.328 e. The molecule has 0 atom stereocenters. The van der Waals surface area contributed by atoms with Gasteiger partial charge in [-0.15, -0.1) is 0 Å². The second-order valence-corrected chi connectivity index (χ2v) is 4.92. The Morgan fingerprint density at radius 1 is 1.55 bits per heavy atom. The molecule has 0 amide bonds. The Morgan fingerprint density at radius 2 is 2.35 bits per heavy atom. The van der Waals surface area contributed by atoms with E-state index in [-0.39, 0.29) is 5.56 Å². The van der Waals surface area contributed by atoms with Gasteiger partial charge in [0, 0.05) is 24.4 Å². The van der Waals surface area contributed by atoms with Crippen LogP contribution in [0.25, 0.3) is 6.08 Å². The molecule has 7 heteroatoms. The van der Waals surface area contributed by atoms with Crippen molar-refractivity contribution in [2.24, 2.45) is 7.05 Å². The number of benzene rings is 1. The van der Waals surface area contributed by atoms with Crippen molar-refractivity contribution in [2.45, 2.75) is 10.9 Å². The van der Waals surface area contributed by atoms with E-state index >= 15 is 0 Å². The molecule has 0 radical (unpaired) electrons. The lowest BCUT2D eigenvalue weighted by atomic mass is 10.1. The van der Waals surface area contributed by atoms with Crippen LogP contribution in [0, 0.1) is 5.82 Å². The van der Waals surface area contributed by atoms with Gasteiger partial charge in [-0.05, 0) is 23.8 Å². The molecule has 0 saturated carbocycles. The monoisotopic (exact) mass is 293 g/mol. The SMILES string of the molecule is Cn1ncnc1SCc1ccc(F)c(/C=C/C(=O)O)c1. The van der Waals surface area contributed by atoms with Gasteiger partial charge in [-0.2, -0.15) is 5.10 Å². The molecular formula is C13H12FN3O2S. The Hall–Kier alpha value is -2.15. The van der Waals surface area contributed by atoms with E-state index in [0.717, 1.165) is 16.8 Å². The van der Waals surface area contributed by atoms with Crippen molar-refractivity contribution in [3.8, 4) is 0 Å². The summed E-state index contributed by atoms with van der Waals surface area (Å²) in [5, 5.41) is 13.3. The van der Waals surface area contributed by atoms with E-state index in [2.05, 4.69) is 10.1 Å². The van der Waals surface area contributed by atoms with Gasteiger partial charge in [0.25, 0.3) is 0 Å². The molecule has 0 aliphatic rings. The molecule has 2 aromatic rings.